The molecule has 88 valence electrons. The standard InChI is InChI=1S/C10H14FN3O2/c1-2-16-8-4-3-6(5-7(8)11)9(12)10(15)14-13/h3-5,9H,2,12-13H2,1H3,(H,14,15). The van der Waals surface area contributed by atoms with Gasteiger partial charge < -0.3 is 10.5 Å². The van der Waals surface area contributed by atoms with Gasteiger partial charge in [0.1, 0.15) is 6.04 Å². The summed E-state index contributed by atoms with van der Waals surface area (Å²) in [6.07, 6.45) is 0. The Morgan fingerprint density at radius 1 is 1.62 bits per heavy atom. The summed E-state index contributed by atoms with van der Waals surface area (Å²) >= 11 is 0. The monoisotopic (exact) mass is 227 g/mol. The molecule has 5 N–H and O–H groups in total. The van der Waals surface area contributed by atoms with Gasteiger partial charge in [-0.25, -0.2) is 10.2 Å². The van der Waals surface area contributed by atoms with Gasteiger partial charge in [0.2, 0.25) is 0 Å². The molecule has 1 amide bonds. The van der Waals surface area contributed by atoms with Crippen molar-refractivity contribution in [2.24, 2.45) is 11.6 Å². The lowest BCUT2D eigenvalue weighted by Gasteiger charge is -2.11. The van der Waals surface area contributed by atoms with Crippen LogP contribution in [0.4, 0.5) is 4.39 Å². The van der Waals surface area contributed by atoms with Crippen LogP contribution in [0.5, 0.6) is 5.75 Å². The van der Waals surface area contributed by atoms with Crippen molar-refractivity contribution < 1.29 is 13.9 Å². The number of halogens is 1. The van der Waals surface area contributed by atoms with Crippen LogP contribution in [0.1, 0.15) is 18.5 Å². The highest BCUT2D eigenvalue weighted by atomic mass is 19.1. The smallest absolute Gasteiger partial charge is 0.255 e. The van der Waals surface area contributed by atoms with Gasteiger partial charge >= 0.3 is 0 Å². The highest BCUT2D eigenvalue weighted by Crippen LogP contribution is 2.21. The molecule has 0 bridgehead atoms. The molecule has 1 unspecified atom stereocenters. The molecular formula is C10H14FN3O2. The fourth-order valence-corrected chi connectivity index (χ4v) is 1.22. The van der Waals surface area contributed by atoms with Crippen LogP contribution in [0.3, 0.4) is 0 Å². The summed E-state index contributed by atoms with van der Waals surface area (Å²) in [5, 5.41) is 0. The predicted molar refractivity (Wildman–Crippen MR) is 56.8 cm³/mol. The Bertz CT molecular complexity index is 384. The summed E-state index contributed by atoms with van der Waals surface area (Å²) in [6, 6.07) is 3.12. The average molecular weight is 227 g/mol. The molecule has 0 saturated carbocycles. The van der Waals surface area contributed by atoms with E-state index in [1.807, 2.05) is 5.43 Å². The number of rotatable bonds is 4. The van der Waals surface area contributed by atoms with E-state index < -0.39 is 17.8 Å². The molecule has 0 fully saturated rings. The molecule has 0 aliphatic heterocycles. The van der Waals surface area contributed by atoms with Crippen LogP contribution in [0.25, 0.3) is 0 Å². The van der Waals surface area contributed by atoms with Gasteiger partial charge in [-0.15, -0.1) is 0 Å². The van der Waals surface area contributed by atoms with Gasteiger partial charge in [0.25, 0.3) is 5.91 Å². The van der Waals surface area contributed by atoms with Crippen molar-refractivity contribution in [2.45, 2.75) is 13.0 Å². The van der Waals surface area contributed by atoms with E-state index in [0.717, 1.165) is 6.07 Å². The molecule has 1 aromatic carbocycles. The number of hydrogen-bond acceptors (Lipinski definition) is 4. The Balaban J connectivity index is 2.92. The first-order chi connectivity index (χ1) is 7.60. The number of nitrogens with one attached hydrogen (secondary N) is 1. The second-order valence-corrected chi connectivity index (χ2v) is 3.11. The molecule has 0 aliphatic carbocycles. The first kappa shape index (κ1) is 12.4. The molecule has 1 atom stereocenters. The van der Waals surface area contributed by atoms with Gasteiger partial charge in [0.15, 0.2) is 11.6 Å². The van der Waals surface area contributed by atoms with Gasteiger partial charge in [-0.05, 0) is 24.6 Å². The number of nitrogens with two attached hydrogens (primary N) is 2. The SMILES string of the molecule is CCOc1ccc(C(N)C(=O)NN)cc1F. The van der Waals surface area contributed by atoms with Crippen LogP contribution in [-0.4, -0.2) is 12.5 Å². The van der Waals surface area contributed by atoms with Crippen molar-refractivity contribution in [3.05, 3.63) is 29.6 Å². The van der Waals surface area contributed by atoms with Crippen molar-refractivity contribution in [1.82, 2.24) is 5.43 Å². The number of amides is 1. The Labute approximate surface area is 92.5 Å². The molecule has 5 nitrogen and oxygen atoms in total. The van der Waals surface area contributed by atoms with E-state index in [1.54, 1.807) is 6.92 Å². The van der Waals surface area contributed by atoms with Gasteiger partial charge in [0, 0.05) is 0 Å². The van der Waals surface area contributed by atoms with E-state index in [9.17, 15) is 9.18 Å². The third kappa shape index (κ3) is 2.68. The van der Waals surface area contributed by atoms with E-state index in [4.69, 9.17) is 16.3 Å². The number of carbonyl (C=O) groups is 1. The van der Waals surface area contributed by atoms with Crippen molar-refractivity contribution >= 4 is 5.91 Å². The van der Waals surface area contributed by atoms with Crippen LogP contribution in [0, 0.1) is 5.82 Å². The second-order valence-electron chi connectivity index (χ2n) is 3.11. The minimum atomic E-state index is -0.991. The lowest BCUT2D eigenvalue weighted by Crippen LogP contribution is -2.38. The maximum atomic E-state index is 13.4. The highest BCUT2D eigenvalue weighted by molar-refractivity contribution is 5.82. The van der Waals surface area contributed by atoms with Gasteiger partial charge in [-0.2, -0.15) is 0 Å². The first-order valence-electron chi connectivity index (χ1n) is 4.78. The zero-order valence-corrected chi connectivity index (χ0v) is 8.87. The molecule has 0 radical (unpaired) electrons. The Morgan fingerprint density at radius 3 is 2.81 bits per heavy atom. The molecule has 6 heteroatoms. The zero-order valence-electron chi connectivity index (χ0n) is 8.87. The average Bonchev–Trinajstić information content (AvgIpc) is 2.30. The fourth-order valence-electron chi connectivity index (χ4n) is 1.22. The molecule has 0 spiro atoms. The Hall–Kier alpha value is -1.66. The van der Waals surface area contributed by atoms with Crippen LogP contribution < -0.4 is 21.7 Å². The molecule has 1 rings (SSSR count). The molecule has 0 heterocycles. The number of carbonyl (C=O) groups excluding carboxylic acids is 1. The van der Waals surface area contributed by atoms with Crippen molar-refractivity contribution in [3.63, 3.8) is 0 Å². The van der Waals surface area contributed by atoms with E-state index >= 15 is 0 Å². The lowest BCUT2D eigenvalue weighted by molar-refractivity contribution is -0.122. The topological polar surface area (TPSA) is 90.4 Å². The minimum absolute atomic E-state index is 0.131. The van der Waals surface area contributed by atoms with Crippen molar-refractivity contribution in [2.75, 3.05) is 6.61 Å². The van der Waals surface area contributed by atoms with E-state index in [2.05, 4.69) is 0 Å². The maximum absolute atomic E-state index is 13.4. The van der Waals surface area contributed by atoms with Gasteiger partial charge in [-0.1, -0.05) is 6.07 Å². The quantitative estimate of drug-likeness (QED) is 0.390. The highest BCUT2D eigenvalue weighted by Gasteiger charge is 2.16. The Morgan fingerprint density at radius 2 is 2.31 bits per heavy atom. The number of benzene rings is 1. The minimum Gasteiger partial charge on any atom is -0.491 e. The third-order valence-corrected chi connectivity index (χ3v) is 2.04. The molecule has 0 aliphatic rings. The zero-order chi connectivity index (χ0) is 12.1. The second kappa shape index (κ2) is 5.43. The first-order valence-corrected chi connectivity index (χ1v) is 4.78. The molecule has 0 aromatic heterocycles. The summed E-state index contributed by atoms with van der Waals surface area (Å²) in [5.74, 6) is 3.92. The number of ether oxygens (including phenoxy) is 1. The van der Waals surface area contributed by atoms with Gasteiger partial charge in [0.05, 0.1) is 6.61 Å². The number of hydrazine groups is 1. The summed E-state index contributed by atoms with van der Waals surface area (Å²) in [5.41, 5.74) is 7.78. The van der Waals surface area contributed by atoms with Crippen LogP contribution in [-0.2, 0) is 4.79 Å². The summed E-state index contributed by atoms with van der Waals surface area (Å²) in [7, 11) is 0. The Kier molecular flexibility index (Phi) is 4.21. The summed E-state index contributed by atoms with van der Waals surface area (Å²) in [4.78, 5) is 11.1. The molecule has 16 heavy (non-hydrogen) atoms. The van der Waals surface area contributed by atoms with E-state index in [-0.39, 0.29) is 5.75 Å². The van der Waals surface area contributed by atoms with E-state index in [0.29, 0.717) is 12.2 Å². The summed E-state index contributed by atoms with van der Waals surface area (Å²) < 4.78 is 18.4. The van der Waals surface area contributed by atoms with Crippen LogP contribution >= 0.6 is 0 Å². The number of hydrogen-bond donors (Lipinski definition) is 3. The van der Waals surface area contributed by atoms with Crippen LogP contribution in [0.15, 0.2) is 18.2 Å². The largest absolute Gasteiger partial charge is 0.491 e. The normalized spacial score (nSPS) is 12.0. The van der Waals surface area contributed by atoms with Crippen molar-refractivity contribution in [1.29, 1.82) is 0 Å². The summed E-state index contributed by atoms with van der Waals surface area (Å²) in [6.45, 7) is 2.12. The van der Waals surface area contributed by atoms with Gasteiger partial charge in [-0.3, -0.25) is 10.2 Å². The maximum Gasteiger partial charge on any atom is 0.255 e. The fraction of sp³-hybridized carbons (Fsp3) is 0.300. The molecule has 0 saturated heterocycles. The molecule has 1 aromatic rings. The van der Waals surface area contributed by atoms with Crippen molar-refractivity contribution in [3.8, 4) is 5.75 Å². The van der Waals surface area contributed by atoms with E-state index in [1.165, 1.54) is 12.1 Å². The third-order valence-electron chi connectivity index (χ3n) is 2.04. The predicted octanol–water partition coefficient (Wildman–Crippen LogP) is 0.214. The lowest BCUT2D eigenvalue weighted by atomic mass is 10.1. The molecular weight excluding hydrogens is 213 g/mol. The van der Waals surface area contributed by atoms with Crippen LogP contribution in [0.2, 0.25) is 0 Å².